The number of halogens is 1. The van der Waals surface area contributed by atoms with E-state index in [1.165, 1.54) is 6.07 Å². The predicted molar refractivity (Wildman–Crippen MR) is 65.3 cm³/mol. The molecule has 0 aliphatic carbocycles. The summed E-state index contributed by atoms with van der Waals surface area (Å²) >= 11 is 3.21. The maximum Gasteiger partial charge on any atom is 0.312 e. The van der Waals surface area contributed by atoms with Crippen molar-refractivity contribution in [3.63, 3.8) is 0 Å². The Bertz CT molecular complexity index is 418. The lowest BCUT2D eigenvalue weighted by atomic mass is 10.1. The van der Waals surface area contributed by atoms with Gasteiger partial charge >= 0.3 is 5.69 Å². The van der Waals surface area contributed by atoms with E-state index in [4.69, 9.17) is 9.47 Å². The summed E-state index contributed by atoms with van der Waals surface area (Å²) in [4.78, 5) is 10.5. The Balaban J connectivity index is 2.16. The van der Waals surface area contributed by atoms with Crippen molar-refractivity contribution in [3.8, 4) is 5.75 Å². The van der Waals surface area contributed by atoms with Crippen LogP contribution in [0.3, 0.4) is 0 Å². The Kier molecular flexibility index (Phi) is 3.96. The lowest BCUT2D eigenvalue weighted by Crippen LogP contribution is -2.26. The van der Waals surface area contributed by atoms with Crippen LogP contribution in [0.1, 0.15) is 12.8 Å². The van der Waals surface area contributed by atoms with E-state index in [0.717, 1.165) is 12.8 Å². The summed E-state index contributed by atoms with van der Waals surface area (Å²) in [7, 11) is 0. The van der Waals surface area contributed by atoms with Gasteiger partial charge in [0.1, 0.15) is 6.10 Å². The van der Waals surface area contributed by atoms with Gasteiger partial charge in [0.15, 0.2) is 5.75 Å². The first-order valence-electron chi connectivity index (χ1n) is 5.35. The number of nitro benzene ring substituents is 1. The average molecular weight is 302 g/mol. The molecule has 1 aliphatic rings. The van der Waals surface area contributed by atoms with E-state index in [1.807, 2.05) is 0 Å². The van der Waals surface area contributed by atoms with Crippen molar-refractivity contribution < 1.29 is 14.4 Å². The lowest BCUT2D eigenvalue weighted by Gasteiger charge is -2.23. The number of nitrogens with zero attached hydrogens (tertiary/aromatic N) is 1. The van der Waals surface area contributed by atoms with Gasteiger partial charge in [0.25, 0.3) is 0 Å². The quantitative estimate of drug-likeness (QED) is 0.636. The van der Waals surface area contributed by atoms with Crippen LogP contribution >= 0.6 is 15.9 Å². The Morgan fingerprint density at radius 3 is 2.76 bits per heavy atom. The van der Waals surface area contributed by atoms with Crippen LogP contribution in [0.5, 0.6) is 5.75 Å². The normalized spacial score (nSPS) is 16.8. The van der Waals surface area contributed by atoms with E-state index in [-0.39, 0.29) is 11.8 Å². The van der Waals surface area contributed by atoms with Crippen LogP contribution < -0.4 is 4.74 Å². The fourth-order valence-electron chi connectivity index (χ4n) is 1.71. The molecule has 92 valence electrons. The second-order valence-electron chi connectivity index (χ2n) is 3.80. The summed E-state index contributed by atoms with van der Waals surface area (Å²) in [6.45, 7) is 1.30. The van der Waals surface area contributed by atoms with Gasteiger partial charge in [-0.1, -0.05) is 15.9 Å². The maximum atomic E-state index is 10.9. The van der Waals surface area contributed by atoms with Gasteiger partial charge in [0.2, 0.25) is 0 Å². The molecule has 1 aromatic carbocycles. The summed E-state index contributed by atoms with van der Waals surface area (Å²) in [5.74, 6) is 0.324. The molecule has 0 spiro atoms. The molecule has 0 radical (unpaired) electrons. The first-order chi connectivity index (χ1) is 8.16. The summed E-state index contributed by atoms with van der Waals surface area (Å²) in [6, 6.07) is 4.81. The monoisotopic (exact) mass is 301 g/mol. The van der Waals surface area contributed by atoms with Gasteiger partial charge in [0.05, 0.1) is 18.1 Å². The smallest absolute Gasteiger partial charge is 0.312 e. The number of rotatable bonds is 3. The minimum atomic E-state index is -0.431. The zero-order chi connectivity index (χ0) is 12.3. The Hall–Kier alpha value is -1.14. The van der Waals surface area contributed by atoms with Gasteiger partial charge in [-0.2, -0.15) is 0 Å². The first-order valence-corrected chi connectivity index (χ1v) is 6.14. The lowest BCUT2D eigenvalue weighted by molar-refractivity contribution is -0.386. The number of benzene rings is 1. The molecule has 5 nitrogen and oxygen atoms in total. The minimum Gasteiger partial charge on any atom is -0.483 e. The third-order valence-electron chi connectivity index (χ3n) is 2.58. The van der Waals surface area contributed by atoms with Gasteiger partial charge < -0.3 is 9.47 Å². The molecular weight excluding hydrogens is 290 g/mol. The van der Waals surface area contributed by atoms with Gasteiger partial charge in [-0.3, -0.25) is 10.1 Å². The second kappa shape index (κ2) is 5.46. The molecule has 0 N–H and O–H groups in total. The minimum absolute atomic E-state index is 0.00336. The molecule has 1 aromatic rings. The Labute approximate surface area is 107 Å². The van der Waals surface area contributed by atoms with Crippen molar-refractivity contribution in [1.82, 2.24) is 0 Å². The van der Waals surface area contributed by atoms with Crippen LogP contribution in [0.25, 0.3) is 0 Å². The third kappa shape index (κ3) is 3.17. The molecular formula is C11H12BrNO4. The maximum absolute atomic E-state index is 10.9. The zero-order valence-corrected chi connectivity index (χ0v) is 10.7. The van der Waals surface area contributed by atoms with E-state index < -0.39 is 4.92 Å². The first kappa shape index (κ1) is 12.3. The van der Waals surface area contributed by atoms with Crippen LogP contribution in [0.4, 0.5) is 5.69 Å². The average Bonchev–Trinajstić information content (AvgIpc) is 2.32. The van der Waals surface area contributed by atoms with Crippen LogP contribution in [0.15, 0.2) is 22.7 Å². The Morgan fingerprint density at radius 2 is 2.12 bits per heavy atom. The highest BCUT2D eigenvalue weighted by Gasteiger charge is 2.21. The van der Waals surface area contributed by atoms with Crippen molar-refractivity contribution in [1.29, 1.82) is 0 Å². The molecule has 1 aliphatic heterocycles. The number of hydrogen-bond donors (Lipinski definition) is 0. The Morgan fingerprint density at radius 1 is 1.41 bits per heavy atom. The fraction of sp³-hybridized carbons (Fsp3) is 0.455. The number of ether oxygens (including phenoxy) is 2. The molecule has 0 saturated carbocycles. The van der Waals surface area contributed by atoms with Crippen LogP contribution in [-0.2, 0) is 4.74 Å². The zero-order valence-electron chi connectivity index (χ0n) is 9.10. The van der Waals surface area contributed by atoms with Crippen LogP contribution in [0, 0.1) is 10.1 Å². The van der Waals surface area contributed by atoms with Crippen molar-refractivity contribution in [2.45, 2.75) is 18.9 Å². The van der Waals surface area contributed by atoms with E-state index in [0.29, 0.717) is 23.4 Å². The van der Waals surface area contributed by atoms with E-state index >= 15 is 0 Å². The van der Waals surface area contributed by atoms with Crippen molar-refractivity contribution in [2.24, 2.45) is 0 Å². The highest BCUT2D eigenvalue weighted by atomic mass is 79.9. The predicted octanol–water partition coefficient (Wildman–Crippen LogP) is 2.92. The molecule has 17 heavy (non-hydrogen) atoms. The molecule has 1 saturated heterocycles. The van der Waals surface area contributed by atoms with E-state index in [2.05, 4.69) is 15.9 Å². The third-order valence-corrected chi connectivity index (χ3v) is 3.07. The van der Waals surface area contributed by atoms with Crippen LogP contribution in [0.2, 0.25) is 0 Å². The summed E-state index contributed by atoms with van der Waals surface area (Å²) in [5.41, 5.74) is -0.00846. The summed E-state index contributed by atoms with van der Waals surface area (Å²) < 4.78 is 11.5. The highest BCUT2D eigenvalue weighted by molar-refractivity contribution is 9.10. The molecule has 0 atom stereocenters. The SMILES string of the molecule is O=[N+]([O-])c1cc(Br)ccc1OC1CCOCC1. The van der Waals surface area contributed by atoms with Gasteiger partial charge in [0, 0.05) is 23.4 Å². The van der Waals surface area contributed by atoms with Gasteiger partial charge in [-0.15, -0.1) is 0 Å². The molecule has 1 fully saturated rings. The molecule has 2 rings (SSSR count). The largest absolute Gasteiger partial charge is 0.483 e. The van der Waals surface area contributed by atoms with Gasteiger partial charge in [-0.25, -0.2) is 0 Å². The molecule has 0 aromatic heterocycles. The molecule has 6 heteroatoms. The highest BCUT2D eigenvalue weighted by Crippen LogP contribution is 2.31. The van der Waals surface area contributed by atoms with Gasteiger partial charge in [-0.05, 0) is 12.1 Å². The molecule has 1 heterocycles. The van der Waals surface area contributed by atoms with Crippen molar-refractivity contribution in [2.75, 3.05) is 13.2 Å². The molecule has 0 unspecified atom stereocenters. The summed E-state index contributed by atoms with van der Waals surface area (Å²) in [6.07, 6.45) is 1.55. The van der Waals surface area contributed by atoms with E-state index in [9.17, 15) is 10.1 Å². The topological polar surface area (TPSA) is 61.6 Å². The van der Waals surface area contributed by atoms with Crippen molar-refractivity contribution in [3.05, 3.63) is 32.8 Å². The number of hydrogen-bond acceptors (Lipinski definition) is 4. The van der Waals surface area contributed by atoms with Crippen LogP contribution in [-0.4, -0.2) is 24.2 Å². The second-order valence-corrected chi connectivity index (χ2v) is 4.71. The summed E-state index contributed by atoms with van der Waals surface area (Å²) in [5, 5.41) is 10.9. The molecule has 0 bridgehead atoms. The van der Waals surface area contributed by atoms with Crippen molar-refractivity contribution >= 4 is 21.6 Å². The molecule has 0 amide bonds. The van der Waals surface area contributed by atoms with E-state index in [1.54, 1.807) is 12.1 Å². The number of nitro groups is 1. The standard InChI is InChI=1S/C11H12BrNO4/c12-8-1-2-11(10(7-8)13(14)15)17-9-3-5-16-6-4-9/h1-2,7,9H,3-6H2. The fourth-order valence-corrected chi connectivity index (χ4v) is 2.06.